The molecular weight excluding hydrogens is 364 g/mol. The van der Waals surface area contributed by atoms with Gasteiger partial charge in [0.15, 0.2) is 0 Å². The number of aromatic nitrogens is 5. The van der Waals surface area contributed by atoms with Crippen molar-refractivity contribution in [1.82, 2.24) is 24.3 Å². The summed E-state index contributed by atoms with van der Waals surface area (Å²) in [4.78, 5) is 21.5. The Morgan fingerprint density at radius 1 is 1.07 bits per heavy atom. The van der Waals surface area contributed by atoms with Gasteiger partial charge in [-0.15, -0.1) is 0 Å². The third-order valence-electron chi connectivity index (χ3n) is 4.70. The molecule has 0 saturated heterocycles. The van der Waals surface area contributed by atoms with Crippen molar-refractivity contribution in [3.8, 4) is 5.69 Å². The van der Waals surface area contributed by atoms with E-state index in [1.807, 2.05) is 36.5 Å². The SMILES string of the molecule is CC(C)(C)CCn1c(=O)ccc2cnc(Nc3ccc(-n4cccn4)cc3)nc21. The van der Waals surface area contributed by atoms with Gasteiger partial charge in [-0.3, -0.25) is 9.36 Å². The van der Waals surface area contributed by atoms with Crippen LogP contribution in [0.25, 0.3) is 16.7 Å². The minimum absolute atomic E-state index is 0.0463. The third kappa shape index (κ3) is 4.34. The molecule has 148 valence electrons. The van der Waals surface area contributed by atoms with E-state index in [0.717, 1.165) is 23.2 Å². The first-order valence-corrected chi connectivity index (χ1v) is 9.63. The Bertz CT molecular complexity index is 1170. The second-order valence-electron chi connectivity index (χ2n) is 8.23. The second kappa shape index (κ2) is 7.50. The maximum absolute atomic E-state index is 12.4. The monoisotopic (exact) mass is 388 g/mol. The average molecular weight is 388 g/mol. The van der Waals surface area contributed by atoms with Gasteiger partial charge in [0.1, 0.15) is 5.65 Å². The average Bonchev–Trinajstić information content (AvgIpc) is 3.22. The molecule has 7 nitrogen and oxygen atoms in total. The van der Waals surface area contributed by atoms with Gasteiger partial charge in [-0.2, -0.15) is 10.1 Å². The fraction of sp³-hybridized carbons (Fsp3) is 0.273. The van der Waals surface area contributed by atoms with E-state index in [2.05, 4.69) is 41.2 Å². The van der Waals surface area contributed by atoms with Crippen LogP contribution in [0.2, 0.25) is 0 Å². The summed E-state index contributed by atoms with van der Waals surface area (Å²) < 4.78 is 3.53. The van der Waals surface area contributed by atoms with Crippen LogP contribution in [0, 0.1) is 5.41 Å². The van der Waals surface area contributed by atoms with E-state index in [-0.39, 0.29) is 11.0 Å². The molecule has 1 aromatic carbocycles. The molecule has 0 aliphatic heterocycles. The molecule has 7 heteroatoms. The molecular formula is C22H24N6O. The van der Waals surface area contributed by atoms with Gasteiger partial charge < -0.3 is 5.32 Å². The number of fused-ring (bicyclic) bond motifs is 1. The van der Waals surface area contributed by atoms with Crippen molar-refractivity contribution in [2.45, 2.75) is 33.7 Å². The van der Waals surface area contributed by atoms with Crippen molar-refractivity contribution in [3.05, 3.63) is 71.4 Å². The quantitative estimate of drug-likeness (QED) is 0.555. The highest BCUT2D eigenvalue weighted by Crippen LogP contribution is 2.21. The van der Waals surface area contributed by atoms with Crippen molar-refractivity contribution >= 4 is 22.7 Å². The summed E-state index contributed by atoms with van der Waals surface area (Å²) in [5, 5.41) is 8.29. The predicted molar refractivity (Wildman–Crippen MR) is 115 cm³/mol. The molecule has 3 aromatic heterocycles. The van der Waals surface area contributed by atoms with Gasteiger partial charge in [0.25, 0.3) is 5.56 Å². The Hall–Kier alpha value is -3.48. The fourth-order valence-electron chi connectivity index (χ4n) is 3.04. The van der Waals surface area contributed by atoms with Crippen LogP contribution in [0.3, 0.4) is 0 Å². The minimum Gasteiger partial charge on any atom is -0.324 e. The highest BCUT2D eigenvalue weighted by Gasteiger charge is 2.13. The van der Waals surface area contributed by atoms with Gasteiger partial charge in [-0.05, 0) is 48.2 Å². The van der Waals surface area contributed by atoms with Gasteiger partial charge in [0.05, 0.1) is 5.69 Å². The molecule has 4 aromatic rings. The summed E-state index contributed by atoms with van der Waals surface area (Å²) >= 11 is 0. The highest BCUT2D eigenvalue weighted by atomic mass is 16.1. The van der Waals surface area contributed by atoms with Crippen LogP contribution in [0.5, 0.6) is 0 Å². The van der Waals surface area contributed by atoms with Crippen molar-refractivity contribution in [3.63, 3.8) is 0 Å². The maximum atomic E-state index is 12.4. The van der Waals surface area contributed by atoms with E-state index in [1.54, 1.807) is 33.8 Å². The molecule has 0 unspecified atom stereocenters. The normalized spacial score (nSPS) is 11.7. The smallest absolute Gasteiger partial charge is 0.252 e. The van der Waals surface area contributed by atoms with Crippen molar-refractivity contribution in [2.24, 2.45) is 5.41 Å². The number of hydrogen-bond acceptors (Lipinski definition) is 5. The summed E-state index contributed by atoms with van der Waals surface area (Å²) in [5.41, 5.74) is 2.56. The van der Waals surface area contributed by atoms with Crippen LogP contribution in [0.15, 0.2) is 65.8 Å². The zero-order chi connectivity index (χ0) is 20.4. The summed E-state index contributed by atoms with van der Waals surface area (Å²) in [7, 11) is 0. The predicted octanol–water partition coefficient (Wildman–Crippen LogP) is 4.16. The number of anilines is 2. The van der Waals surface area contributed by atoms with Gasteiger partial charge in [0, 0.05) is 42.3 Å². The fourth-order valence-corrected chi connectivity index (χ4v) is 3.04. The lowest BCUT2D eigenvalue weighted by molar-refractivity contribution is 0.350. The number of hydrogen-bond donors (Lipinski definition) is 1. The van der Waals surface area contributed by atoms with Crippen LogP contribution < -0.4 is 10.9 Å². The second-order valence-corrected chi connectivity index (χ2v) is 8.23. The van der Waals surface area contributed by atoms with Crippen LogP contribution >= 0.6 is 0 Å². The first kappa shape index (κ1) is 18.9. The summed E-state index contributed by atoms with van der Waals surface area (Å²) in [5.74, 6) is 0.458. The minimum atomic E-state index is -0.0463. The van der Waals surface area contributed by atoms with Gasteiger partial charge >= 0.3 is 0 Å². The lowest BCUT2D eigenvalue weighted by atomic mass is 9.92. The zero-order valence-electron chi connectivity index (χ0n) is 16.8. The van der Waals surface area contributed by atoms with Gasteiger partial charge in [-0.1, -0.05) is 20.8 Å². The molecule has 29 heavy (non-hydrogen) atoms. The van der Waals surface area contributed by atoms with Crippen molar-refractivity contribution in [2.75, 3.05) is 5.32 Å². The number of aryl methyl sites for hydroxylation is 1. The molecule has 0 saturated carbocycles. The summed E-state index contributed by atoms with van der Waals surface area (Å²) in [6, 6.07) is 13.1. The van der Waals surface area contributed by atoms with Crippen molar-refractivity contribution < 1.29 is 0 Å². The first-order valence-electron chi connectivity index (χ1n) is 9.63. The van der Waals surface area contributed by atoms with Crippen LogP contribution in [-0.4, -0.2) is 24.3 Å². The Kier molecular flexibility index (Phi) is 4.88. The molecule has 0 amide bonds. The Balaban J connectivity index is 1.62. The van der Waals surface area contributed by atoms with E-state index in [1.165, 1.54) is 0 Å². The molecule has 0 fully saturated rings. The number of pyridine rings is 1. The van der Waals surface area contributed by atoms with E-state index in [4.69, 9.17) is 0 Å². The molecule has 0 aliphatic carbocycles. The van der Waals surface area contributed by atoms with Gasteiger partial charge in [-0.25, -0.2) is 9.67 Å². The lowest BCUT2D eigenvalue weighted by Crippen LogP contribution is -2.23. The molecule has 0 radical (unpaired) electrons. The molecule has 0 bridgehead atoms. The van der Waals surface area contributed by atoms with Gasteiger partial charge in [0.2, 0.25) is 5.95 Å². The topological polar surface area (TPSA) is 77.6 Å². The van der Waals surface area contributed by atoms with Crippen LogP contribution in [-0.2, 0) is 6.54 Å². The molecule has 4 rings (SSSR count). The van der Waals surface area contributed by atoms with Crippen molar-refractivity contribution in [1.29, 1.82) is 0 Å². The number of rotatable bonds is 5. The van der Waals surface area contributed by atoms with E-state index in [0.29, 0.717) is 18.1 Å². The van der Waals surface area contributed by atoms with E-state index < -0.39 is 0 Å². The lowest BCUT2D eigenvalue weighted by Gasteiger charge is -2.19. The zero-order valence-corrected chi connectivity index (χ0v) is 16.8. The molecule has 3 heterocycles. The van der Waals surface area contributed by atoms with Crippen LogP contribution in [0.1, 0.15) is 27.2 Å². The first-order chi connectivity index (χ1) is 13.9. The Labute approximate surface area is 169 Å². The molecule has 0 atom stereocenters. The molecule has 0 spiro atoms. The summed E-state index contributed by atoms with van der Waals surface area (Å²) in [6.07, 6.45) is 6.27. The molecule has 0 aliphatic rings. The highest BCUT2D eigenvalue weighted by molar-refractivity contribution is 5.75. The van der Waals surface area contributed by atoms with E-state index in [9.17, 15) is 4.79 Å². The standard InChI is InChI=1S/C22H24N6O/c1-22(2,3)11-14-27-19(29)10-5-16-15-23-21(26-20(16)27)25-17-6-8-18(9-7-17)28-13-4-12-24-28/h4-10,12-13,15H,11,14H2,1-3H3,(H,23,25,26). The summed E-state index contributed by atoms with van der Waals surface area (Å²) in [6.45, 7) is 7.11. The number of nitrogens with zero attached hydrogens (tertiary/aromatic N) is 5. The Morgan fingerprint density at radius 2 is 1.86 bits per heavy atom. The largest absolute Gasteiger partial charge is 0.324 e. The number of nitrogens with one attached hydrogen (secondary N) is 1. The third-order valence-corrected chi connectivity index (χ3v) is 4.70. The van der Waals surface area contributed by atoms with Crippen LogP contribution in [0.4, 0.5) is 11.6 Å². The maximum Gasteiger partial charge on any atom is 0.252 e. The molecule has 1 N–H and O–H groups in total. The Morgan fingerprint density at radius 3 is 2.55 bits per heavy atom. The van der Waals surface area contributed by atoms with E-state index >= 15 is 0 Å². The number of benzene rings is 1.